The van der Waals surface area contributed by atoms with Crippen LogP contribution in [0.4, 0.5) is 5.69 Å². The first-order valence-electron chi connectivity index (χ1n) is 8.00. The summed E-state index contributed by atoms with van der Waals surface area (Å²) in [6.07, 6.45) is 2.16. The molecule has 0 saturated heterocycles. The second-order valence-electron chi connectivity index (χ2n) is 5.93. The molecule has 1 N–H and O–H groups in total. The number of rotatable bonds is 5. The second kappa shape index (κ2) is 6.98. The molecule has 0 bridgehead atoms. The van der Waals surface area contributed by atoms with Crippen LogP contribution >= 0.6 is 11.3 Å². The maximum absolute atomic E-state index is 11.3. The number of hydrogen-bond acceptors (Lipinski definition) is 4. The van der Waals surface area contributed by atoms with Gasteiger partial charge in [0.1, 0.15) is 5.01 Å². The number of aryl methyl sites for hydroxylation is 2. The van der Waals surface area contributed by atoms with Crippen molar-refractivity contribution in [2.24, 2.45) is 0 Å². The summed E-state index contributed by atoms with van der Waals surface area (Å²) in [5.74, 6) is 0. The number of nitrogens with one attached hydrogen (secondary N) is 1. The van der Waals surface area contributed by atoms with Crippen molar-refractivity contribution >= 4 is 27.0 Å². The number of aromatic nitrogens is 1. The predicted molar refractivity (Wildman–Crippen MR) is 106 cm³/mol. The first kappa shape index (κ1) is 17.6. The van der Waals surface area contributed by atoms with Gasteiger partial charge in [-0.3, -0.25) is 4.72 Å². The van der Waals surface area contributed by atoms with Gasteiger partial charge in [0.05, 0.1) is 11.9 Å². The smallest absolute Gasteiger partial charge is 0.229 e. The molecule has 3 aromatic rings. The molecule has 0 fully saturated rings. The summed E-state index contributed by atoms with van der Waals surface area (Å²) in [7, 11) is -3.26. The van der Waals surface area contributed by atoms with Crippen LogP contribution in [0.3, 0.4) is 0 Å². The molecule has 0 amide bonds. The van der Waals surface area contributed by atoms with Gasteiger partial charge in [-0.25, -0.2) is 13.4 Å². The molecule has 0 aliphatic carbocycles. The fourth-order valence-corrected chi connectivity index (χ4v) is 4.09. The third-order valence-corrected chi connectivity index (χ3v) is 5.49. The van der Waals surface area contributed by atoms with E-state index >= 15 is 0 Å². The third kappa shape index (κ3) is 4.27. The maximum atomic E-state index is 11.3. The molecule has 0 aliphatic heterocycles. The summed E-state index contributed by atoms with van der Waals surface area (Å²) in [6, 6.07) is 15.8. The van der Waals surface area contributed by atoms with Crippen LogP contribution in [0, 0.1) is 6.92 Å². The Morgan fingerprint density at radius 1 is 1.00 bits per heavy atom. The Bertz CT molecular complexity index is 973. The molecular formula is C19H20N2O2S2. The zero-order valence-electron chi connectivity index (χ0n) is 14.4. The average Bonchev–Trinajstić information content (AvgIpc) is 2.96. The maximum Gasteiger partial charge on any atom is 0.229 e. The van der Waals surface area contributed by atoms with E-state index in [0.717, 1.165) is 39.4 Å². The van der Waals surface area contributed by atoms with E-state index in [1.165, 1.54) is 5.56 Å². The first-order chi connectivity index (χ1) is 11.9. The van der Waals surface area contributed by atoms with E-state index in [9.17, 15) is 8.42 Å². The van der Waals surface area contributed by atoms with Gasteiger partial charge in [-0.2, -0.15) is 0 Å². The Labute approximate surface area is 152 Å². The van der Waals surface area contributed by atoms with Crippen LogP contribution in [0.1, 0.15) is 17.4 Å². The topological polar surface area (TPSA) is 59.1 Å². The van der Waals surface area contributed by atoms with Crippen LogP contribution in [0.2, 0.25) is 0 Å². The number of sulfonamides is 1. The largest absolute Gasteiger partial charge is 0.284 e. The Morgan fingerprint density at radius 3 is 2.16 bits per heavy atom. The fourth-order valence-electron chi connectivity index (χ4n) is 2.58. The number of nitrogens with zero attached hydrogens (tertiary/aromatic N) is 1. The highest BCUT2D eigenvalue weighted by molar-refractivity contribution is 7.92. The van der Waals surface area contributed by atoms with Crippen LogP contribution in [-0.4, -0.2) is 19.7 Å². The Kier molecular flexibility index (Phi) is 4.92. The van der Waals surface area contributed by atoms with Gasteiger partial charge in [0.25, 0.3) is 0 Å². The van der Waals surface area contributed by atoms with Crippen molar-refractivity contribution in [3.8, 4) is 21.8 Å². The molecule has 130 valence electrons. The minimum absolute atomic E-state index is 0.550. The normalized spacial score (nSPS) is 11.5. The first-order valence-corrected chi connectivity index (χ1v) is 10.7. The molecule has 2 aromatic carbocycles. The predicted octanol–water partition coefficient (Wildman–Crippen LogP) is 4.72. The summed E-state index contributed by atoms with van der Waals surface area (Å²) in [4.78, 5) is 5.93. The van der Waals surface area contributed by atoms with Crippen molar-refractivity contribution in [2.45, 2.75) is 20.3 Å². The Balaban J connectivity index is 1.89. The zero-order valence-corrected chi connectivity index (χ0v) is 16.0. The van der Waals surface area contributed by atoms with Crippen LogP contribution in [0.25, 0.3) is 21.8 Å². The molecule has 25 heavy (non-hydrogen) atoms. The molecular weight excluding hydrogens is 352 g/mol. The van der Waals surface area contributed by atoms with E-state index < -0.39 is 10.0 Å². The number of anilines is 1. The van der Waals surface area contributed by atoms with Crippen molar-refractivity contribution in [1.29, 1.82) is 0 Å². The standard InChI is InChI=1S/C19H20N2O2S2/c1-4-14-5-7-16(8-6-14)19-20-18(13(2)24-19)15-9-11-17(12-10-15)21-25(3,22)23/h5-12,21H,4H2,1-3H3. The van der Waals surface area contributed by atoms with Crippen molar-refractivity contribution in [3.05, 3.63) is 59.0 Å². The van der Waals surface area contributed by atoms with Gasteiger partial charge in [-0.05, 0) is 31.0 Å². The van der Waals surface area contributed by atoms with Crippen LogP contribution < -0.4 is 4.72 Å². The minimum atomic E-state index is -3.26. The summed E-state index contributed by atoms with van der Waals surface area (Å²) >= 11 is 1.67. The number of thiazole rings is 1. The molecule has 3 rings (SSSR count). The summed E-state index contributed by atoms with van der Waals surface area (Å²) in [5, 5.41) is 0.994. The second-order valence-corrected chi connectivity index (χ2v) is 8.88. The monoisotopic (exact) mass is 372 g/mol. The lowest BCUT2D eigenvalue weighted by Gasteiger charge is -2.05. The van der Waals surface area contributed by atoms with Gasteiger partial charge in [0, 0.05) is 21.7 Å². The van der Waals surface area contributed by atoms with Gasteiger partial charge in [0.2, 0.25) is 10.0 Å². The lowest BCUT2D eigenvalue weighted by molar-refractivity contribution is 0.607. The van der Waals surface area contributed by atoms with E-state index in [1.54, 1.807) is 23.5 Å². The van der Waals surface area contributed by atoms with Crippen LogP contribution in [-0.2, 0) is 16.4 Å². The third-order valence-electron chi connectivity index (χ3n) is 3.87. The molecule has 4 nitrogen and oxygen atoms in total. The highest BCUT2D eigenvalue weighted by Crippen LogP contribution is 2.33. The van der Waals surface area contributed by atoms with Crippen molar-refractivity contribution in [3.63, 3.8) is 0 Å². The highest BCUT2D eigenvalue weighted by atomic mass is 32.2. The SMILES string of the molecule is CCc1ccc(-c2nc(-c3ccc(NS(C)(=O)=O)cc3)c(C)s2)cc1. The van der Waals surface area contributed by atoms with Crippen LogP contribution in [0.15, 0.2) is 48.5 Å². The lowest BCUT2D eigenvalue weighted by Crippen LogP contribution is -2.09. The lowest BCUT2D eigenvalue weighted by atomic mass is 10.1. The zero-order chi connectivity index (χ0) is 18.0. The molecule has 0 spiro atoms. The van der Waals surface area contributed by atoms with E-state index in [-0.39, 0.29) is 0 Å². The highest BCUT2D eigenvalue weighted by Gasteiger charge is 2.12. The van der Waals surface area contributed by atoms with Crippen LogP contribution in [0.5, 0.6) is 0 Å². The Hall–Kier alpha value is -2.18. The quantitative estimate of drug-likeness (QED) is 0.705. The van der Waals surface area contributed by atoms with Crippen molar-refractivity contribution in [2.75, 3.05) is 11.0 Å². The van der Waals surface area contributed by atoms with Gasteiger partial charge in [0.15, 0.2) is 0 Å². The molecule has 1 heterocycles. The molecule has 0 aliphatic rings. The molecule has 0 unspecified atom stereocenters. The van der Waals surface area contributed by atoms with E-state index in [4.69, 9.17) is 4.98 Å². The minimum Gasteiger partial charge on any atom is -0.284 e. The van der Waals surface area contributed by atoms with Gasteiger partial charge >= 0.3 is 0 Å². The molecule has 0 atom stereocenters. The number of benzene rings is 2. The van der Waals surface area contributed by atoms with Gasteiger partial charge in [-0.15, -0.1) is 11.3 Å². The molecule has 6 heteroatoms. The van der Waals surface area contributed by atoms with Crippen molar-refractivity contribution < 1.29 is 8.42 Å². The van der Waals surface area contributed by atoms with Gasteiger partial charge < -0.3 is 0 Å². The van der Waals surface area contributed by atoms with Gasteiger partial charge in [-0.1, -0.05) is 43.3 Å². The van der Waals surface area contributed by atoms with E-state index in [2.05, 4.69) is 42.8 Å². The molecule has 1 aromatic heterocycles. The van der Waals surface area contributed by atoms with Crippen molar-refractivity contribution in [1.82, 2.24) is 4.98 Å². The summed E-state index contributed by atoms with van der Waals surface area (Å²) in [6.45, 7) is 4.20. The van der Waals surface area contributed by atoms with E-state index in [0.29, 0.717) is 5.69 Å². The van der Waals surface area contributed by atoms with E-state index in [1.807, 2.05) is 12.1 Å². The average molecular weight is 373 g/mol. The molecule has 0 saturated carbocycles. The summed E-state index contributed by atoms with van der Waals surface area (Å²) in [5.41, 5.74) is 4.89. The molecule has 0 radical (unpaired) electrons. The Morgan fingerprint density at radius 2 is 1.60 bits per heavy atom. The summed E-state index contributed by atoms with van der Waals surface area (Å²) < 4.78 is 25.1. The fraction of sp³-hybridized carbons (Fsp3) is 0.211. The number of hydrogen-bond donors (Lipinski definition) is 1.